The monoisotopic (exact) mass is 283 g/mol. The molecule has 1 heterocycles. The molecule has 3 atom stereocenters. The van der Waals surface area contributed by atoms with Gasteiger partial charge in [-0.1, -0.05) is 13.8 Å². The highest BCUT2D eigenvalue weighted by Gasteiger charge is 2.71. The lowest BCUT2D eigenvalue weighted by atomic mass is 9.48. The zero-order valence-corrected chi connectivity index (χ0v) is 12.7. The fourth-order valence-corrected chi connectivity index (χ4v) is 3.46. The Labute approximate surface area is 120 Å². The van der Waals surface area contributed by atoms with Crippen LogP contribution in [-0.2, 0) is 14.3 Å². The molecule has 3 N–H and O–H groups in total. The van der Waals surface area contributed by atoms with Crippen LogP contribution in [0, 0.1) is 11.3 Å². The number of carbonyl (C=O) groups excluding carboxylic acids is 2. The molecule has 114 valence electrons. The number of ether oxygens (including phenoxy) is 1. The maximum atomic E-state index is 12.5. The van der Waals surface area contributed by atoms with E-state index in [-0.39, 0.29) is 30.4 Å². The van der Waals surface area contributed by atoms with Crippen molar-refractivity contribution >= 4 is 11.8 Å². The maximum Gasteiger partial charge on any atom is 0.241 e. The number of fused-ring (bicyclic) bond motifs is 1. The minimum atomic E-state index is -0.945. The normalized spacial score (nSPS) is 34.0. The van der Waals surface area contributed by atoms with Crippen molar-refractivity contribution in [3.8, 4) is 0 Å². The van der Waals surface area contributed by atoms with Crippen LogP contribution in [0.4, 0.5) is 0 Å². The Morgan fingerprint density at radius 3 is 2.70 bits per heavy atom. The third-order valence-corrected chi connectivity index (χ3v) is 5.13. The van der Waals surface area contributed by atoms with Gasteiger partial charge in [0.2, 0.25) is 11.8 Å². The average molecular weight is 283 g/mol. The third kappa shape index (κ3) is 1.93. The minimum absolute atomic E-state index is 0.00352. The van der Waals surface area contributed by atoms with Crippen molar-refractivity contribution in [3.05, 3.63) is 0 Å². The van der Waals surface area contributed by atoms with Crippen molar-refractivity contribution in [2.75, 3.05) is 26.7 Å². The average Bonchev–Trinajstić information content (AvgIpc) is 2.90. The maximum absolute atomic E-state index is 12.5. The highest BCUT2D eigenvalue weighted by atomic mass is 16.5. The van der Waals surface area contributed by atoms with Gasteiger partial charge in [-0.2, -0.15) is 0 Å². The lowest BCUT2D eigenvalue weighted by molar-refractivity contribution is -0.175. The summed E-state index contributed by atoms with van der Waals surface area (Å²) in [5, 5.41) is 2.70. The topological polar surface area (TPSA) is 84.7 Å². The van der Waals surface area contributed by atoms with Crippen LogP contribution < -0.4 is 11.1 Å². The van der Waals surface area contributed by atoms with Crippen molar-refractivity contribution in [3.63, 3.8) is 0 Å². The number of nitrogens with two attached hydrogens (primary N) is 1. The fraction of sp³-hybridized carbons (Fsp3) is 0.857. The molecule has 1 saturated heterocycles. The van der Waals surface area contributed by atoms with E-state index in [2.05, 4.69) is 5.32 Å². The van der Waals surface area contributed by atoms with Gasteiger partial charge in [-0.25, -0.2) is 0 Å². The number of rotatable bonds is 4. The molecule has 2 aliphatic rings. The Hall–Kier alpha value is -1.14. The molecule has 20 heavy (non-hydrogen) atoms. The Morgan fingerprint density at radius 2 is 2.10 bits per heavy atom. The van der Waals surface area contributed by atoms with Crippen LogP contribution in [-0.4, -0.2) is 55.1 Å². The third-order valence-electron chi connectivity index (χ3n) is 5.13. The van der Waals surface area contributed by atoms with E-state index in [1.54, 1.807) is 11.9 Å². The van der Waals surface area contributed by atoms with Gasteiger partial charge in [0.15, 0.2) is 0 Å². The summed E-state index contributed by atoms with van der Waals surface area (Å²) in [6, 6.07) is 0. The summed E-state index contributed by atoms with van der Waals surface area (Å²) >= 11 is 0. The first-order valence-corrected chi connectivity index (χ1v) is 7.19. The summed E-state index contributed by atoms with van der Waals surface area (Å²) in [6.07, 6.45) is 0.855. The van der Waals surface area contributed by atoms with E-state index in [0.29, 0.717) is 13.2 Å². The van der Waals surface area contributed by atoms with Crippen LogP contribution in [0.5, 0.6) is 0 Å². The quantitative estimate of drug-likeness (QED) is 0.743. The molecule has 0 aromatic rings. The number of carbonyl (C=O) groups is 2. The zero-order chi connectivity index (χ0) is 15.1. The molecule has 1 aliphatic carbocycles. The molecule has 1 saturated carbocycles. The Bertz CT molecular complexity index is 424. The molecule has 0 spiro atoms. The van der Waals surface area contributed by atoms with E-state index in [1.165, 1.54) is 0 Å². The van der Waals surface area contributed by atoms with Gasteiger partial charge in [0.1, 0.15) is 5.54 Å². The summed E-state index contributed by atoms with van der Waals surface area (Å²) in [5.41, 5.74) is 5.04. The van der Waals surface area contributed by atoms with E-state index in [0.717, 1.165) is 6.42 Å². The van der Waals surface area contributed by atoms with Gasteiger partial charge in [-0.3, -0.25) is 9.59 Å². The summed E-state index contributed by atoms with van der Waals surface area (Å²) in [6.45, 7) is 7.07. The van der Waals surface area contributed by atoms with Gasteiger partial charge >= 0.3 is 0 Å². The van der Waals surface area contributed by atoms with Crippen molar-refractivity contribution in [2.24, 2.45) is 17.1 Å². The van der Waals surface area contributed by atoms with Crippen LogP contribution in [0.15, 0.2) is 0 Å². The SMILES string of the molecule is CCN(C)C(=O)CNC(=O)C1(N)C2CCOC2C1(C)C. The first-order chi connectivity index (χ1) is 9.26. The summed E-state index contributed by atoms with van der Waals surface area (Å²) in [7, 11) is 1.71. The van der Waals surface area contributed by atoms with Crippen molar-refractivity contribution in [1.82, 2.24) is 10.2 Å². The van der Waals surface area contributed by atoms with E-state index in [9.17, 15) is 9.59 Å². The second-order valence-electron chi connectivity index (χ2n) is 6.37. The lowest BCUT2D eigenvalue weighted by Crippen LogP contribution is -2.80. The number of nitrogens with zero attached hydrogens (tertiary/aromatic N) is 1. The smallest absolute Gasteiger partial charge is 0.241 e. The van der Waals surface area contributed by atoms with E-state index >= 15 is 0 Å². The molecule has 6 nitrogen and oxygen atoms in total. The second kappa shape index (κ2) is 5.00. The van der Waals surface area contributed by atoms with Gasteiger partial charge in [-0.05, 0) is 13.3 Å². The van der Waals surface area contributed by atoms with Gasteiger partial charge in [0, 0.05) is 31.5 Å². The van der Waals surface area contributed by atoms with Crippen LogP contribution >= 0.6 is 0 Å². The highest BCUT2D eigenvalue weighted by molar-refractivity contribution is 5.92. The summed E-state index contributed by atoms with van der Waals surface area (Å²) in [4.78, 5) is 25.8. The van der Waals surface area contributed by atoms with Gasteiger partial charge in [-0.15, -0.1) is 0 Å². The largest absolute Gasteiger partial charge is 0.377 e. The molecular weight excluding hydrogens is 258 g/mol. The number of hydrogen-bond acceptors (Lipinski definition) is 4. The molecule has 0 aromatic carbocycles. The zero-order valence-electron chi connectivity index (χ0n) is 12.7. The van der Waals surface area contributed by atoms with Crippen LogP contribution in [0.2, 0.25) is 0 Å². The first-order valence-electron chi connectivity index (χ1n) is 7.19. The van der Waals surface area contributed by atoms with Gasteiger partial charge in [0.25, 0.3) is 0 Å². The Kier molecular flexibility index (Phi) is 3.81. The highest BCUT2D eigenvalue weighted by Crippen LogP contribution is 2.58. The molecule has 0 aromatic heterocycles. The first kappa shape index (κ1) is 15.3. The molecular formula is C14H25N3O3. The molecule has 6 heteroatoms. The molecule has 3 unspecified atom stereocenters. The molecule has 0 radical (unpaired) electrons. The second-order valence-corrected chi connectivity index (χ2v) is 6.37. The molecule has 1 aliphatic heterocycles. The van der Waals surface area contributed by atoms with Crippen LogP contribution in [0.25, 0.3) is 0 Å². The standard InChI is InChI=1S/C14H25N3O3/c1-5-17(4)10(18)8-16-12(19)14(15)9-6-7-20-11(9)13(14,2)3/h9,11H,5-8,15H2,1-4H3,(H,16,19). The number of hydrogen-bond donors (Lipinski definition) is 2. The predicted octanol–water partition coefficient (Wildman–Crippen LogP) is -0.277. The van der Waals surface area contributed by atoms with Crippen molar-refractivity contribution in [2.45, 2.75) is 38.8 Å². The molecule has 2 rings (SSSR count). The van der Waals surface area contributed by atoms with Crippen molar-refractivity contribution in [1.29, 1.82) is 0 Å². The van der Waals surface area contributed by atoms with Crippen LogP contribution in [0.3, 0.4) is 0 Å². The lowest BCUT2D eigenvalue weighted by Gasteiger charge is -2.60. The number of nitrogens with one attached hydrogen (secondary N) is 1. The Morgan fingerprint density at radius 1 is 1.45 bits per heavy atom. The molecule has 2 fully saturated rings. The summed E-state index contributed by atoms with van der Waals surface area (Å²) < 4.78 is 5.66. The molecule has 2 amide bonds. The van der Waals surface area contributed by atoms with E-state index in [1.807, 2.05) is 20.8 Å². The van der Waals surface area contributed by atoms with Crippen LogP contribution in [0.1, 0.15) is 27.2 Å². The van der Waals surface area contributed by atoms with E-state index < -0.39 is 11.0 Å². The number of likely N-dealkylation sites (N-methyl/N-ethyl adjacent to an activating group) is 1. The molecule has 0 bridgehead atoms. The van der Waals surface area contributed by atoms with Crippen molar-refractivity contribution < 1.29 is 14.3 Å². The Balaban J connectivity index is 2.00. The minimum Gasteiger partial charge on any atom is -0.377 e. The van der Waals surface area contributed by atoms with Gasteiger partial charge < -0.3 is 20.7 Å². The van der Waals surface area contributed by atoms with Gasteiger partial charge in [0.05, 0.1) is 12.6 Å². The fourth-order valence-electron chi connectivity index (χ4n) is 3.46. The predicted molar refractivity (Wildman–Crippen MR) is 74.9 cm³/mol. The van der Waals surface area contributed by atoms with E-state index in [4.69, 9.17) is 10.5 Å². The number of amides is 2. The summed E-state index contributed by atoms with van der Waals surface area (Å²) in [5.74, 6) is -0.301.